The van der Waals surface area contributed by atoms with Crippen molar-refractivity contribution >= 4 is 17.6 Å². The molecule has 2 amide bonds. The second-order valence-electron chi connectivity index (χ2n) is 5.97. The normalized spacial score (nSPS) is 10.7. The van der Waals surface area contributed by atoms with Gasteiger partial charge in [0.2, 0.25) is 5.91 Å². The van der Waals surface area contributed by atoms with Crippen molar-refractivity contribution in [2.75, 3.05) is 5.32 Å². The average Bonchev–Trinajstić information content (AvgIpc) is 3.42. The molecule has 28 heavy (non-hydrogen) atoms. The summed E-state index contributed by atoms with van der Waals surface area (Å²) in [5.41, 5.74) is 6.66. The molecule has 140 valence electrons. The Morgan fingerprint density at radius 3 is 2.64 bits per heavy atom. The van der Waals surface area contributed by atoms with E-state index in [2.05, 4.69) is 15.5 Å². The summed E-state index contributed by atoms with van der Waals surface area (Å²) in [6.07, 6.45) is 4.81. The highest BCUT2D eigenvalue weighted by Gasteiger charge is 2.13. The standard InChI is InChI=1S/C19H16N6O3/c20-19(27)16-7-6-15(28-16)13-10-22-24(11-13)12-18(26)23-17-8-9-21-25(17)14-4-2-1-3-5-14/h1-11H,12H2,(H2,20,27)(H,23,26). The second kappa shape index (κ2) is 7.23. The van der Waals surface area contributed by atoms with Crippen LogP contribution in [-0.4, -0.2) is 31.4 Å². The summed E-state index contributed by atoms with van der Waals surface area (Å²) in [5, 5.41) is 11.2. The number of anilines is 1. The molecule has 0 spiro atoms. The SMILES string of the molecule is NC(=O)c1ccc(-c2cnn(CC(=O)Nc3ccnn3-c3ccccc3)c2)o1. The molecule has 0 bridgehead atoms. The largest absolute Gasteiger partial charge is 0.451 e. The van der Waals surface area contributed by atoms with E-state index in [4.69, 9.17) is 10.2 Å². The molecule has 3 aromatic heterocycles. The van der Waals surface area contributed by atoms with Crippen LogP contribution in [0.25, 0.3) is 17.0 Å². The summed E-state index contributed by atoms with van der Waals surface area (Å²) in [4.78, 5) is 23.5. The zero-order chi connectivity index (χ0) is 19.5. The van der Waals surface area contributed by atoms with Gasteiger partial charge in [0.1, 0.15) is 18.1 Å². The Morgan fingerprint density at radius 1 is 1.07 bits per heavy atom. The molecule has 1 aromatic carbocycles. The number of furan rings is 1. The van der Waals surface area contributed by atoms with Crippen molar-refractivity contribution in [2.24, 2.45) is 5.73 Å². The van der Waals surface area contributed by atoms with Crippen LogP contribution in [0, 0.1) is 0 Å². The number of aromatic nitrogens is 4. The van der Waals surface area contributed by atoms with E-state index in [1.165, 1.54) is 10.7 Å². The summed E-state index contributed by atoms with van der Waals surface area (Å²) in [6.45, 7) is 0.00333. The Kier molecular flexibility index (Phi) is 4.47. The maximum Gasteiger partial charge on any atom is 0.284 e. The van der Waals surface area contributed by atoms with Gasteiger partial charge in [0.25, 0.3) is 5.91 Å². The third kappa shape index (κ3) is 3.54. The van der Waals surface area contributed by atoms with Gasteiger partial charge in [-0.1, -0.05) is 18.2 Å². The van der Waals surface area contributed by atoms with Crippen LogP contribution >= 0.6 is 0 Å². The number of nitrogens with two attached hydrogens (primary N) is 1. The van der Waals surface area contributed by atoms with Crippen LogP contribution in [0.4, 0.5) is 5.82 Å². The van der Waals surface area contributed by atoms with Crippen LogP contribution in [-0.2, 0) is 11.3 Å². The number of carbonyl (C=O) groups excluding carboxylic acids is 2. The van der Waals surface area contributed by atoms with E-state index < -0.39 is 5.91 Å². The van der Waals surface area contributed by atoms with E-state index in [1.807, 2.05) is 30.3 Å². The number of amides is 2. The Balaban J connectivity index is 1.45. The molecule has 9 heteroatoms. The second-order valence-corrected chi connectivity index (χ2v) is 5.97. The zero-order valence-electron chi connectivity index (χ0n) is 14.6. The van der Waals surface area contributed by atoms with Gasteiger partial charge in [-0.2, -0.15) is 10.2 Å². The van der Waals surface area contributed by atoms with Gasteiger partial charge < -0.3 is 15.5 Å². The lowest BCUT2D eigenvalue weighted by Gasteiger charge is -2.09. The fraction of sp³-hybridized carbons (Fsp3) is 0.0526. The number of rotatable bonds is 6. The molecule has 9 nitrogen and oxygen atoms in total. The van der Waals surface area contributed by atoms with Gasteiger partial charge in [-0.05, 0) is 24.3 Å². The molecule has 0 radical (unpaired) electrons. The maximum atomic E-state index is 12.4. The number of nitrogens with one attached hydrogen (secondary N) is 1. The predicted molar refractivity (Wildman–Crippen MR) is 101 cm³/mol. The minimum Gasteiger partial charge on any atom is -0.451 e. The van der Waals surface area contributed by atoms with E-state index >= 15 is 0 Å². The molecule has 0 aliphatic heterocycles. The van der Waals surface area contributed by atoms with Crippen molar-refractivity contribution in [3.05, 3.63) is 72.9 Å². The van der Waals surface area contributed by atoms with E-state index in [0.717, 1.165) is 5.69 Å². The quantitative estimate of drug-likeness (QED) is 0.533. The Hall–Kier alpha value is -4.14. The van der Waals surface area contributed by atoms with Crippen LogP contribution in [0.2, 0.25) is 0 Å². The third-order valence-electron chi connectivity index (χ3n) is 3.98. The molecule has 0 fully saturated rings. The number of hydrogen-bond acceptors (Lipinski definition) is 5. The summed E-state index contributed by atoms with van der Waals surface area (Å²) >= 11 is 0. The van der Waals surface area contributed by atoms with Gasteiger partial charge in [0.15, 0.2) is 5.76 Å². The van der Waals surface area contributed by atoms with Crippen LogP contribution < -0.4 is 11.1 Å². The predicted octanol–water partition coefficient (Wildman–Crippen LogP) is 2.07. The summed E-state index contributed by atoms with van der Waals surface area (Å²) in [5.74, 6) is 0.163. The maximum absolute atomic E-state index is 12.4. The molecular formula is C19H16N6O3. The van der Waals surface area contributed by atoms with Crippen LogP contribution in [0.3, 0.4) is 0 Å². The molecule has 0 saturated carbocycles. The molecule has 4 aromatic rings. The molecule has 0 saturated heterocycles. The van der Waals surface area contributed by atoms with Crippen molar-refractivity contribution in [2.45, 2.75) is 6.54 Å². The fourth-order valence-corrected chi connectivity index (χ4v) is 2.71. The minimum atomic E-state index is -0.645. The molecular weight excluding hydrogens is 360 g/mol. The molecule has 3 heterocycles. The molecule has 0 atom stereocenters. The van der Waals surface area contributed by atoms with Crippen LogP contribution in [0.15, 0.2) is 71.5 Å². The van der Waals surface area contributed by atoms with Gasteiger partial charge >= 0.3 is 0 Å². The van der Waals surface area contributed by atoms with Crippen molar-refractivity contribution in [3.63, 3.8) is 0 Å². The number of nitrogens with zero attached hydrogens (tertiary/aromatic N) is 4. The average molecular weight is 376 g/mol. The monoisotopic (exact) mass is 376 g/mol. The lowest BCUT2D eigenvalue weighted by atomic mass is 10.3. The van der Waals surface area contributed by atoms with Crippen molar-refractivity contribution in [1.82, 2.24) is 19.6 Å². The summed E-state index contributed by atoms with van der Waals surface area (Å²) in [6, 6.07) is 14.3. The minimum absolute atomic E-state index is 0.00333. The topological polar surface area (TPSA) is 121 Å². The first-order valence-corrected chi connectivity index (χ1v) is 8.42. The Labute approximate surface area is 159 Å². The number of primary amides is 1. The van der Waals surface area contributed by atoms with Gasteiger partial charge in [0, 0.05) is 12.3 Å². The molecule has 3 N–H and O–H groups in total. The Morgan fingerprint density at radius 2 is 1.89 bits per heavy atom. The first-order valence-electron chi connectivity index (χ1n) is 8.42. The number of para-hydroxylation sites is 1. The first-order chi connectivity index (χ1) is 13.6. The highest BCUT2D eigenvalue weighted by atomic mass is 16.3. The third-order valence-corrected chi connectivity index (χ3v) is 3.98. The van der Waals surface area contributed by atoms with Gasteiger partial charge in [-0.25, -0.2) is 4.68 Å². The molecule has 0 unspecified atom stereocenters. The van der Waals surface area contributed by atoms with E-state index in [0.29, 0.717) is 17.1 Å². The highest BCUT2D eigenvalue weighted by molar-refractivity contribution is 5.91. The summed E-state index contributed by atoms with van der Waals surface area (Å²) in [7, 11) is 0. The lowest BCUT2D eigenvalue weighted by molar-refractivity contribution is -0.116. The molecule has 0 aliphatic rings. The van der Waals surface area contributed by atoms with Gasteiger partial charge in [-0.15, -0.1) is 0 Å². The van der Waals surface area contributed by atoms with Crippen molar-refractivity contribution < 1.29 is 14.0 Å². The van der Waals surface area contributed by atoms with Crippen LogP contribution in [0.1, 0.15) is 10.6 Å². The number of hydrogen-bond donors (Lipinski definition) is 2. The lowest BCUT2D eigenvalue weighted by Crippen LogP contribution is -2.20. The van der Waals surface area contributed by atoms with Crippen molar-refractivity contribution in [3.8, 4) is 17.0 Å². The van der Waals surface area contributed by atoms with Gasteiger partial charge in [-0.3, -0.25) is 14.3 Å². The number of carbonyl (C=O) groups is 2. The van der Waals surface area contributed by atoms with Crippen LogP contribution in [0.5, 0.6) is 0 Å². The van der Waals surface area contributed by atoms with E-state index in [-0.39, 0.29) is 18.2 Å². The highest BCUT2D eigenvalue weighted by Crippen LogP contribution is 2.21. The molecule has 4 rings (SSSR count). The number of benzene rings is 1. The molecule has 0 aliphatic carbocycles. The van der Waals surface area contributed by atoms with E-state index in [1.54, 1.807) is 35.4 Å². The first kappa shape index (κ1) is 17.3. The Bertz CT molecular complexity index is 1130. The fourth-order valence-electron chi connectivity index (χ4n) is 2.71. The van der Waals surface area contributed by atoms with Crippen molar-refractivity contribution in [1.29, 1.82) is 0 Å². The van der Waals surface area contributed by atoms with Gasteiger partial charge in [0.05, 0.1) is 23.6 Å². The smallest absolute Gasteiger partial charge is 0.284 e. The van der Waals surface area contributed by atoms with E-state index in [9.17, 15) is 9.59 Å². The zero-order valence-corrected chi connectivity index (χ0v) is 14.6. The summed E-state index contributed by atoms with van der Waals surface area (Å²) < 4.78 is 8.47.